The van der Waals surface area contributed by atoms with Gasteiger partial charge in [-0.25, -0.2) is 0 Å². The Morgan fingerprint density at radius 3 is 2.37 bits per heavy atom. The van der Waals surface area contributed by atoms with Crippen LogP contribution in [-0.2, 0) is 0 Å². The van der Waals surface area contributed by atoms with Crippen molar-refractivity contribution >= 4 is 5.69 Å². The van der Waals surface area contributed by atoms with E-state index in [2.05, 4.69) is 25.2 Å². The Labute approximate surface area is 115 Å². The number of aliphatic hydroxyl groups excluding tert-OH is 1. The first-order chi connectivity index (χ1) is 9.09. The molecular formula is C17H21NO. The van der Waals surface area contributed by atoms with Crippen LogP contribution in [0.4, 0.5) is 5.69 Å². The summed E-state index contributed by atoms with van der Waals surface area (Å²) in [6, 6.07) is 14.1. The molecule has 100 valence electrons. The molecule has 0 spiro atoms. The second-order valence-corrected chi connectivity index (χ2v) is 5.00. The highest BCUT2D eigenvalue weighted by atomic mass is 16.3. The van der Waals surface area contributed by atoms with Crippen LogP contribution < -0.4 is 5.32 Å². The average molecular weight is 255 g/mol. The van der Waals surface area contributed by atoms with E-state index in [9.17, 15) is 5.11 Å². The molecule has 2 N–H and O–H groups in total. The van der Waals surface area contributed by atoms with Gasteiger partial charge in [-0.1, -0.05) is 36.4 Å². The van der Waals surface area contributed by atoms with E-state index >= 15 is 0 Å². The van der Waals surface area contributed by atoms with Crippen molar-refractivity contribution in [3.05, 3.63) is 64.7 Å². The number of nitrogens with one attached hydrogen (secondary N) is 1. The van der Waals surface area contributed by atoms with Gasteiger partial charge in [0.2, 0.25) is 0 Å². The fourth-order valence-corrected chi connectivity index (χ4v) is 2.22. The zero-order chi connectivity index (χ0) is 13.8. The quantitative estimate of drug-likeness (QED) is 0.872. The largest absolute Gasteiger partial charge is 0.387 e. The molecule has 0 saturated heterocycles. The molecule has 2 aromatic carbocycles. The van der Waals surface area contributed by atoms with E-state index in [0.717, 1.165) is 16.8 Å². The Morgan fingerprint density at radius 2 is 1.63 bits per heavy atom. The van der Waals surface area contributed by atoms with E-state index in [4.69, 9.17) is 0 Å². The van der Waals surface area contributed by atoms with Gasteiger partial charge in [0.15, 0.2) is 0 Å². The first-order valence-electron chi connectivity index (χ1n) is 6.63. The zero-order valence-electron chi connectivity index (χ0n) is 11.8. The second kappa shape index (κ2) is 5.89. The van der Waals surface area contributed by atoms with Gasteiger partial charge in [-0.15, -0.1) is 0 Å². The summed E-state index contributed by atoms with van der Waals surface area (Å²) in [4.78, 5) is 0. The zero-order valence-corrected chi connectivity index (χ0v) is 11.8. The van der Waals surface area contributed by atoms with E-state index in [1.807, 2.05) is 43.3 Å². The monoisotopic (exact) mass is 255 g/mol. The Bertz CT molecular complexity index is 563. The van der Waals surface area contributed by atoms with E-state index in [1.54, 1.807) is 0 Å². The minimum atomic E-state index is -0.485. The van der Waals surface area contributed by atoms with Gasteiger partial charge in [0.25, 0.3) is 0 Å². The van der Waals surface area contributed by atoms with Crippen LogP contribution in [0.15, 0.2) is 42.5 Å². The van der Waals surface area contributed by atoms with Crippen LogP contribution in [0.5, 0.6) is 0 Å². The van der Waals surface area contributed by atoms with Gasteiger partial charge in [-0.2, -0.15) is 0 Å². The number of rotatable bonds is 4. The lowest BCUT2D eigenvalue weighted by Crippen LogP contribution is -2.13. The average Bonchev–Trinajstić information content (AvgIpc) is 2.40. The standard InChI is InChI=1S/C17H21NO/c1-12-8-6-10-16(14(12)3)18-11-17(19)15-9-5-4-7-13(15)2/h4-10,17-19H,11H2,1-3H3. The third kappa shape index (κ3) is 3.15. The van der Waals surface area contributed by atoms with Gasteiger partial charge in [0, 0.05) is 12.2 Å². The van der Waals surface area contributed by atoms with Gasteiger partial charge in [-0.3, -0.25) is 0 Å². The molecule has 0 aliphatic rings. The Kier molecular flexibility index (Phi) is 4.23. The van der Waals surface area contributed by atoms with Crippen LogP contribution in [-0.4, -0.2) is 11.7 Å². The van der Waals surface area contributed by atoms with E-state index in [1.165, 1.54) is 11.1 Å². The molecule has 0 aliphatic carbocycles. The Hall–Kier alpha value is -1.80. The van der Waals surface area contributed by atoms with Crippen molar-refractivity contribution in [2.24, 2.45) is 0 Å². The summed E-state index contributed by atoms with van der Waals surface area (Å²) in [6.07, 6.45) is -0.485. The number of aliphatic hydroxyl groups is 1. The van der Waals surface area contributed by atoms with Crippen LogP contribution in [0.2, 0.25) is 0 Å². The normalized spacial score (nSPS) is 12.2. The van der Waals surface area contributed by atoms with Crippen molar-refractivity contribution in [3.8, 4) is 0 Å². The van der Waals surface area contributed by atoms with Gasteiger partial charge in [0.1, 0.15) is 0 Å². The molecule has 0 heterocycles. The fraction of sp³-hybridized carbons (Fsp3) is 0.294. The van der Waals surface area contributed by atoms with E-state index < -0.39 is 6.10 Å². The number of hydrogen-bond donors (Lipinski definition) is 2. The van der Waals surface area contributed by atoms with Gasteiger partial charge in [-0.05, 0) is 49.1 Å². The topological polar surface area (TPSA) is 32.3 Å². The van der Waals surface area contributed by atoms with Crippen LogP contribution in [0.1, 0.15) is 28.4 Å². The summed E-state index contributed by atoms with van der Waals surface area (Å²) in [5, 5.41) is 13.6. The summed E-state index contributed by atoms with van der Waals surface area (Å²) < 4.78 is 0. The number of benzene rings is 2. The first kappa shape index (κ1) is 13.6. The smallest absolute Gasteiger partial charge is 0.0964 e. The highest BCUT2D eigenvalue weighted by molar-refractivity contribution is 5.53. The SMILES string of the molecule is Cc1ccccc1C(O)CNc1cccc(C)c1C. The lowest BCUT2D eigenvalue weighted by Gasteiger charge is -2.17. The van der Waals surface area contributed by atoms with Crippen LogP contribution in [0.25, 0.3) is 0 Å². The molecule has 0 aromatic heterocycles. The Morgan fingerprint density at radius 1 is 0.947 bits per heavy atom. The molecule has 0 saturated carbocycles. The van der Waals surface area contributed by atoms with E-state index in [-0.39, 0.29) is 0 Å². The van der Waals surface area contributed by atoms with E-state index in [0.29, 0.717) is 6.54 Å². The molecule has 2 heteroatoms. The van der Waals surface area contributed by atoms with Crippen LogP contribution in [0.3, 0.4) is 0 Å². The van der Waals surface area contributed by atoms with Crippen molar-refractivity contribution in [2.45, 2.75) is 26.9 Å². The van der Waals surface area contributed by atoms with Crippen molar-refractivity contribution in [3.63, 3.8) is 0 Å². The molecule has 2 nitrogen and oxygen atoms in total. The lowest BCUT2D eigenvalue weighted by molar-refractivity contribution is 0.191. The second-order valence-electron chi connectivity index (χ2n) is 5.00. The lowest BCUT2D eigenvalue weighted by atomic mass is 10.0. The van der Waals surface area contributed by atoms with Crippen molar-refractivity contribution in [1.82, 2.24) is 0 Å². The minimum Gasteiger partial charge on any atom is -0.387 e. The minimum absolute atomic E-state index is 0.485. The molecule has 0 amide bonds. The van der Waals surface area contributed by atoms with Gasteiger partial charge >= 0.3 is 0 Å². The fourth-order valence-electron chi connectivity index (χ4n) is 2.22. The molecule has 19 heavy (non-hydrogen) atoms. The summed E-state index contributed by atoms with van der Waals surface area (Å²) in [5.74, 6) is 0. The molecule has 0 aliphatic heterocycles. The predicted molar refractivity (Wildman–Crippen MR) is 80.5 cm³/mol. The maximum atomic E-state index is 10.3. The van der Waals surface area contributed by atoms with Crippen molar-refractivity contribution < 1.29 is 5.11 Å². The molecule has 2 aromatic rings. The maximum Gasteiger partial charge on any atom is 0.0964 e. The summed E-state index contributed by atoms with van der Waals surface area (Å²) in [7, 11) is 0. The first-order valence-corrected chi connectivity index (χ1v) is 6.63. The van der Waals surface area contributed by atoms with Gasteiger partial charge < -0.3 is 10.4 Å². The Balaban J connectivity index is 2.07. The van der Waals surface area contributed by atoms with Crippen molar-refractivity contribution in [1.29, 1.82) is 0 Å². The highest BCUT2D eigenvalue weighted by Gasteiger charge is 2.10. The van der Waals surface area contributed by atoms with Crippen LogP contribution in [0, 0.1) is 20.8 Å². The predicted octanol–water partition coefficient (Wildman–Crippen LogP) is 3.76. The molecule has 1 atom stereocenters. The molecular weight excluding hydrogens is 234 g/mol. The van der Waals surface area contributed by atoms with Crippen molar-refractivity contribution in [2.75, 3.05) is 11.9 Å². The number of anilines is 1. The molecule has 1 unspecified atom stereocenters. The maximum absolute atomic E-state index is 10.3. The van der Waals surface area contributed by atoms with Gasteiger partial charge in [0.05, 0.1) is 6.10 Å². The number of hydrogen-bond acceptors (Lipinski definition) is 2. The van der Waals surface area contributed by atoms with Crippen LogP contribution >= 0.6 is 0 Å². The summed E-state index contributed by atoms with van der Waals surface area (Å²) in [5.41, 5.74) is 5.69. The molecule has 2 rings (SSSR count). The molecule has 0 bridgehead atoms. The highest BCUT2D eigenvalue weighted by Crippen LogP contribution is 2.21. The summed E-state index contributed by atoms with van der Waals surface area (Å²) in [6.45, 7) is 6.74. The third-order valence-electron chi connectivity index (χ3n) is 3.64. The third-order valence-corrected chi connectivity index (χ3v) is 3.64. The molecule has 0 fully saturated rings. The molecule has 0 radical (unpaired) electrons. The number of aryl methyl sites for hydroxylation is 2. The summed E-state index contributed by atoms with van der Waals surface area (Å²) >= 11 is 0.